The predicted octanol–water partition coefficient (Wildman–Crippen LogP) is 5.74. The lowest BCUT2D eigenvalue weighted by atomic mass is 9.84. The number of nitrogens with one attached hydrogen (secondary N) is 1. The minimum Gasteiger partial charge on any atom is -0.488 e. The maximum atomic E-state index is 13.8. The Balaban J connectivity index is 1.49. The van der Waals surface area contributed by atoms with Crippen molar-refractivity contribution < 1.29 is 32.2 Å². The van der Waals surface area contributed by atoms with Gasteiger partial charge in [0.15, 0.2) is 0 Å². The first-order valence-electron chi connectivity index (χ1n) is 12.6. The maximum absolute atomic E-state index is 13.8. The van der Waals surface area contributed by atoms with Crippen molar-refractivity contribution in [2.24, 2.45) is 0 Å². The van der Waals surface area contributed by atoms with Crippen molar-refractivity contribution >= 4 is 28.9 Å². The Morgan fingerprint density at radius 3 is 2.59 bits per heavy atom. The van der Waals surface area contributed by atoms with Crippen LogP contribution in [-0.4, -0.2) is 38.6 Å². The van der Waals surface area contributed by atoms with Crippen molar-refractivity contribution in [1.82, 2.24) is 5.32 Å². The van der Waals surface area contributed by atoms with E-state index in [1.165, 1.54) is 7.11 Å². The molecule has 6 nitrogen and oxygen atoms in total. The van der Waals surface area contributed by atoms with Gasteiger partial charge in [-0.2, -0.15) is 13.2 Å². The van der Waals surface area contributed by atoms with E-state index in [2.05, 4.69) is 5.32 Å². The van der Waals surface area contributed by atoms with Crippen molar-refractivity contribution in [3.63, 3.8) is 0 Å². The Bertz CT molecular complexity index is 1140. The number of carbonyl (C=O) groups excluding carboxylic acids is 2. The lowest BCUT2D eigenvalue weighted by Crippen LogP contribution is -2.46. The van der Waals surface area contributed by atoms with Gasteiger partial charge in [-0.1, -0.05) is 19.3 Å². The minimum absolute atomic E-state index is 0.0405. The van der Waals surface area contributed by atoms with Crippen LogP contribution >= 0.6 is 11.3 Å². The van der Waals surface area contributed by atoms with Gasteiger partial charge in [0.1, 0.15) is 17.2 Å². The molecule has 4 rings (SSSR count). The zero-order valence-electron chi connectivity index (χ0n) is 21.4. The van der Waals surface area contributed by atoms with Gasteiger partial charge >= 0.3 is 12.1 Å². The first-order valence-corrected chi connectivity index (χ1v) is 13.5. The summed E-state index contributed by atoms with van der Waals surface area (Å²) >= 11 is 0.780. The van der Waals surface area contributed by atoms with E-state index in [1.54, 1.807) is 30.1 Å². The van der Waals surface area contributed by atoms with E-state index in [4.69, 9.17) is 9.47 Å². The van der Waals surface area contributed by atoms with Gasteiger partial charge in [-0.25, -0.2) is 0 Å². The van der Waals surface area contributed by atoms with Crippen LogP contribution < -0.4 is 15.0 Å². The quantitative estimate of drug-likeness (QED) is 0.434. The van der Waals surface area contributed by atoms with Gasteiger partial charge in [0.05, 0.1) is 19.6 Å². The number of benzene rings is 1. The Labute approximate surface area is 219 Å². The van der Waals surface area contributed by atoms with E-state index in [-0.39, 0.29) is 24.9 Å². The summed E-state index contributed by atoms with van der Waals surface area (Å²) < 4.78 is 52.0. The molecule has 1 amide bonds. The van der Waals surface area contributed by atoms with Gasteiger partial charge in [-0.3, -0.25) is 9.59 Å². The van der Waals surface area contributed by atoms with Crippen molar-refractivity contribution in [3.8, 4) is 5.75 Å². The first-order chi connectivity index (χ1) is 17.6. The maximum Gasteiger partial charge on any atom is 0.425 e. The zero-order valence-corrected chi connectivity index (χ0v) is 22.2. The fourth-order valence-corrected chi connectivity index (χ4v) is 6.41. The Hall–Kier alpha value is -2.59. The lowest BCUT2D eigenvalue weighted by molar-refractivity contribution is -0.142. The van der Waals surface area contributed by atoms with Crippen molar-refractivity contribution in [1.29, 1.82) is 0 Å². The summed E-state index contributed by atoms with van der Waals surface area (Å²) in [6, 6.07) is 4.55. The van der Waals surface area contributed by atoms with Crippen molar-refractivity contribution in [2.45, 2.75) is 76.6 Å². The Morgan fingerprint density at radius 2 is 1.95 bits per heavy atom. The number of thiophene rings is 1. The van der Waals surface area contributed by atoms with Gasteiger partial charge in [0.25, 0.3) is 0 Å². The molecule has 0 spiro atoms. The summed E-state index contributed by atoms with van der Waals surface area (Å²) in [4.78, 5) is 26.5. The van der Waals surface area contributed by atoms with E-state index in [9.17, 15) is 22.8 Å². The molecule has 2 aromatic rings. The number of alkyl halides is 3. The second-order valence-corrected chi connectivity index (χ2v) is 10.8. The standard InChI is InChI=1S/C27H33F3N2O4S/c1-16-19-11-12-32(26(34)21(31-2)14-24(33)35-3)22(19)9-10-23(16)36-15-18-13-20(17-7-5-4-6-8-17)25(37-18)27(28,29)30/h9-10,13,17,21,31H,4-8,11-12,14-15H2,1-3H3/t21-/m1/s1. The predicted molar refractivity (Wildman–Crippen MR) is 136 cm³/mol. The van der Waals surface area contributed by atoms with Crippen LogP contribution in [0.15, 0.2) is 18.2 Å². The normalized spacial score (nSPS) is 17.0. The van der Waals surface area contributed by atoms with Gasteiger partial charge < -0.3 is 19.7 Å². The number of methoxy groups -OCH3 is 1. The van der Waals surface area contributed by atoms with Crippen LogP contribution in [0.25, 0.3) is 0 Å². The number of rotatable bonds is 8. The van der Waals surface area contributed by atoms with Gasteiger partial charge in [0, 0.05) is 17.1 Å². The van der Waals surface area contributed by atoms with Gasteiger partial charge in [-0.15, -0.1) is 11.3 Å². The number of hydrogen-bond acceptors (Lipinski definition) is 6. The molecule has 1 atom stereocenters. The Morgan fingerprint density at radius 1 is 1.22 bits per heavy atom. The molecule has 1 aliphatic heterocycles. The van der Waals surface area contributed by atoms with E-state index in [1.807, 2.05) is 6.92 Å². The number of fused-ring (bicyclic) bond motifs is 1. The summed E-state index contributed by atoms with van der Waals surface area (Å²) in [7, 11) is 2.91. The molecule has 0 bridgehead atoms. The molecule has 1 saturated carbocycles. The molecule has 0 radical (unpaired) electrons. The number of amides is 1. The molecule has 37 heavy (non-hydrogen) atoms. The first kappa shape index (κ1) is 27.4. The Kier molecular flexibility index (Phi) is 8.48. The number of likely N-dealkylation sites (N-methyl/N-ethyl adjacent to an activating group) is 1. The average Bonchev–Trinajstić information content (AvgIpc) is 3.52. The fraction of sp³-hybridized carbons (Fsp3) is 0.556. The lowest BCUT2D eigenvalue weighted by Gasteiger charge is -2.23. The summed E-state index contributed by atoms with van der Waals surface area (Å²) in [5, 5.41) is 2.88. The third kappa shape index (κ3) is 5.95. The van der Waals surface area contributed by atoms with Crippen LogP contribution in [-0.2, 0) is 33.5 Å². The number of hydrogen-bond donors (Lipinski definition) is 1. The van der Waals surface area contributed by atoms with Crippen LogP contribution in [0.2, 0.25) is 0 Å². The number of carbonyl (C=O) groups is 2. The molecule has 1 aromatic carbocycles. The highest BCUT2D eigenvalue weighted by Crippen LogP contribution is 2.45. The second-order valence-electron chi connectivity index (χ2n) is 9.67. The number of esters is 1. The third-order valence-corrected chi connectivity index (χ3v) is 8.56. The number of halogens is 3. The molecule has 2 heterocycles. The van der Waals surface area contributed by atoms with Crippen LogP contribution in [0.5, 0.6) is 5.75 Å². The highest BCUT2D eigenvalue weighted by Gasteiger charge is 2.38. The van der Waals surface area contributed by atoms with E-state index in [0.717, 1.165) is 60.3 Å². The molecule has 202 valence electrons. The van der Waals surface area contributed by atoms with Gasteiger partial charge in [0.2, 0.25) is 5.91 Å². The zero-order chi connectivity index (χ0) is 26.7. The average molecular weight is 539 g/mol. The molecule has 1 fully saturated rings. The molecule has 1 N–H and O–H groups in total. The monoisotopic (exact) mass is 538 g/mol. The van der Waals surface area contributed by atoms with Crippen LogP contribution in [0.3, 0.4) is 0 Å². The van der Waals surface area contributed by atoms with E-state index < -0.39 is 23.1 Å². The third-order valence-electron chi connectivity index (χ3n) is 7.40. The molecular weight excluding hydrogens is 505 g/mol. The topological polar surface area (TPSA) is 67.9 Å². The molecule has 2 aliphatic rings. The van der Waals surface area contributed by atoms with E-state index in [0.29, 0.717) is 29.2 Å². The molecule has 0 saturated heterocycles. The fourth-order valence-electron chi connectivity index (χ4n) is 5.39. The van der Waals surface area contributed by atoms with Crippen molar-refractivity contribution in [2.75, 3.05) is 25.6 Å². The van der Waals surface area contributed by atoms with Crippen LogP contribution in [0.1, 0.15) is 70.9 Å². The summed E-state index contributed by atoms with van der Waals surface area (Å²) in [5.41, 5.74) is 3.00. The minimum atomic E-state index is -4.37. The van der Waals surface area contributed by atoms with Crippen LogP contribution in [0, 0.1) is 6.92 Å². The van der Waals surface area contributed by atoms with Crippen molar-refractivity contribution in [3.05, 3.63) is 44.6 Å². The summed E-state index contributed by atoms with van der Waals surface area (Å²) in [5.74, 6) is -0.135. The highest BCUT2D eigenvalue weighted by molar-refractivity contribution is 7.12. The number of ether oxygens (including phenoxy) is 2. The molecule has 10 heteroatoms. The molecule has 1 aromatic heterocycles. The largest absolute Gasteiger partial charge is 0.488 e. The molecule has 0 unspecified atom stereocenters. The van der Waals surface area contributed by atoms with Gasteiger partial charge in [-0.05, 0) is 74.0 Å². The molecular formula is C27H33F3N2O4S. The smallest absolute Gasteiger partial charge is 0.425 e. The number of anilines is 1. The molecule has 1 aliphatic carbocycles. The number of nitrogens with zero attached hydrogens (tertiary/aromatic N) is 1. The van der Waals surface area contributed by atoms with Crippen LogP contribution in [0.4, 0.5) is 18.9 Å². The second kappa shape index (κ2) is 11.4. The van der Waals surface area contributed by atoms with E-state index >= 15 is 0 Å². The highest BCUT2D eigenvalue weighted by atomic mass is 32.1. The summed E-state index contributed by atoms with van der Waals surface area (Å²) in [6.45, 7) is 2.43. The SMILES string of the molecule is CN[C@H](CC(=O)OC)C(=O)N1CCc2c1ccc(OCc1cc(C3CCCCC3)c(C(F)(F)F)s1)c2C. The summed E-state index contributed by atoms with van der Waals surface area (Å²) in [6.07, 6.45) is 0.808.